The number of hydrogen-bond donors (Lipinski definition) is 1. The Hall–Kier alpha value is -2.98. The lowest BCUT2D eigenvalue weighted by atomic mass is 10.1. The zero-order chi connectivity index (χ0) is 22.6. The quantitative estimate of drug-likeness (QED) is 0.408. The lowest BCUT2D eigenvalue weighted by Crippen LogP contribution is -2.10. The van der Waals surface area contributed by atoms with Crippen molar-refractivity contribution in [2.24, 2.45) is 7.05 Å². The van der Waals surface area contributed by atoms with E-state index >= 15 is 0 Å². The van der Waals surface area contributed by atoms with Gasteiger partial charge in [0.15, 0.2) is 20.8 Å². The van der Waals surface area contributed by atoms with E-state index in [0.29, 0.717) is 22.2 Å². The van der Waals surface area contributed by atoms with Crippen LogP contribution in [0.1, 0.15) is 28.7 Å². The first-order valence-corrected chi connectivity index (χ1v) is 12.0. The van der Waals surface area contributed by atoms with E-state index in [2.05, 4.69) is 15.5 Å². The Morgan fingerprint density at radius 1 is 1.03 bits per heavy atom. The third kappa shape index (κ3) is 5.80. The highest BCUT2D eigenvalue weighted by Crippen LogP contribution is 2.21. The third-order valence-electron chi connectivity index (χ3n) is 4.48. The molecule has 0 aliphatic carbocycles. The predicted molar refractivity (Wildman–Crippen MR) is 119 cm³/mol. The van der Waals surface area contributed by atoms with Gasteiger partial charge in [-0.05, 0) is 43.3 Å². The molecule has 2 aromatic carbocycles. The van der Waals surface area contributed by atoms with Crippen molar-refractivity contribution in [3.05, 3.63) is 65.5 Å². The molecule has 31 heavy (non-hydrogen) atoms. The second-order valence-electron chi connectivity index (χ2n) is 7.00. The van der Waals surface area contributed by atoms with E-state index in [4.69, 9.17) is 0 Å². The van der Waals surface area contributed by atoms with E-state index < -0.39 is 9.84 Å². The van der Waals surface area contributed by atoms with Crippen LogP contribution < -0.4 is 5.32 Å². The first-order chi connectivity index (χ1) is 14.7. The minimum atomic E-state index is -3.56. The first-order valence-electron chi connectivity index (χ1n) is 9.37. The number of ketones is 1. The summed E-state index contributed by atoms with van der Waals surface area (Å²) in [5.74, 6) is -0.155. The molecule has 8 nitrogen and oxygen atoms in total. The molecule has 0 radical (unpaired) electrons. The van der Waals surface area contributed by atoms with Gasteiger partial charge >= 0.3 is 0 Å². The summed E-state index contributed by atoms with van der Waals surface area (Å²) in [5.41, 5.74) is 2.10. The summed E-state index contributed by atoms with van der Waals surface area (Å²) in [6.45, 7) is 3.30. The molecule has 0 unspecified atom stereocenters. The number of nitrogens with zero attached hydrogens (tertiary/aromatic N) is 3. The van der Waals surface area contributed by atoms with Crippen molar-refractivity contribution in [1.82, 2.24) is 14.8 Å². The lowest BCUT2D eigenvalue weighted by Gasteiger charge is -2.06. The molecule has 1 aromatic heterocycles. The molecule has 1 N–H and O–H groups in total. The number of benzene rings is 2. The molecule has 3 aromatic rings. The standard InChI is InChI=1S/C21H22N4O4S2/c1-14-4-10-18(11-5-14)31(28,29)13-20-23-24-21(25(20)3)30-12-19(27)16-6-8-17(9-7-16)22-15(2)26/h4-11H,12-13H2,1-3H3,(H,22,26). The van der Waals surface area contributed by atoms with Crippen LogP contribution in [0.5, 0.6) is 0 Å². The maximum Gasteiger partial charge on any atom is 0.221 e. The Morgan fingerprint density at radius 2 is 1.68 bits per heavy atom. The second kappa shape index (κ2) is 9.44. The van der Waals surface area contributed by atoms with Gasteiger partial charge in [0.1, 0.15) is 11.6 Å². The van der Waals surface area contributed by atoms with Crippen LogP contribution in [0.25, 0.3) is 0 Å². The summed E-state index contributed by atoms with van der Waals surface area (Å²) in [6, 6.07) is 13.3. The number of Topliss-reactive ketones (excluding diaryl/α,β-unsaturated/α-hetero) is 1. The van der Waals surface area contributed by atoms with Crippen LogP contribution in [0.2, 0.25) is 0 Å². The van der Waals surface area contributed by atoms with Gasteiger partial charge in [-0.3, -0.25) is 9.59 Å². The summed E-state index contributed by atoms with van der Waals surface area (Å²) in [5, 5.41) is 11.1. The van der Waals surface area contributed by atoms with Crippen molar-refractivity contribution >= 4 is 39.0 Å². The largest absolute Gasteiger partial charge is 0.326 e. The Morgan fingerprint density at radius 3 is 2.29 bits per heavy atom. The van der Waals surface area contributed by atoms with Crippen molar-refractivity contribution in [3.8, 4) is 0 Å². The lowest BCUT2D eigenvalue weighted by molar-refractivity contribution is -0.114. The zero-order valence-electron chi connectivity index (χ0n) is 17.3. The molecule has 1 amide bonds. The number of hydrogen-bond acceptors (Lipinski definition) is 7. The Balaban J connectivity index is 1.64. The van der Waals surface area contributed by atoms with Crippen molar-refractivity contribution in [3.63, 3.8) is 0 Å². The van der Waals surface area contributed by atoms with Gasteiger partial charge in [-0.15, -0.1) is 10.2 Å². The topological polar surface area (TPSA) is 111 Å². The predicted octanol–water partition coefficient (Wildman–Crippen LogP) is 3.03. The molecular formula is C21H22N4O4S2. The maximum atomic E-state index is 12.7. The minimum Gasteiger partial charge on any atom is -0.326 e. The third-order valence-corrected chi connectivity index (χ3v) is 7.13. The van der Waals surface area contributed by atoms with Gasteiger partial charge < -0.3 is 9.88 Å². The first kappa shape index (κ1) is 22.7. The fraction of sp³-hybridized carbons (Fsp3) is 0.238. The van der Waals surface area contributed by atoms with Crippen LogP contribution in [-0.4, -0.2) is 40.6 Å². The van der Waals surface area contributed by atoms with Crippen LogP contribution in [0.15, 0.2) is 58.6 Å². The SMILES string of the molecule is CC(=O)Nc1ccc(C(=O)CSc2nnc(CS(=O)(=O)c3ccc(C)cc3)n2C)cc1. The summed E-state index contributed by atoms with van der Waals surface area (Å²) < 4.78 is 26.9. The van der Waals surface area contributed by atoms with Gasteiger partial charge in [-0.1, -0.05) is 29.5 Å². The maximum absolute atomic E-state index is 12.7. The Kier molecular flexibility index (Phi) is 6.91. The number of aromatic nitrogens is 3. The number of rotatable bonds is 8. The number of sulfone groups is 1. The van der Waals surface area contributed by atoms with Crippen LogP contribution in [0, 0.1) is 6.92 Å². The molecule has 0 saturated heterocycles. The Labute approximate surface area is 185 Å². The molecule has 0 aliphatic rings. The number of nitrogens with one attached hydrogen (secondary N) is 1. The fourth-order valence-electron chi connectivity index (χ4n) is 2.75. The van der Waals surface area contributed by atoms with Crippen LogP contribution in [0.3, 0.4) is 0 Å². The number of amides is 1. The van der Waals surface area contributed by atoms with E-state index in [0.717, 1.165) is 5.56 Å². The summed E-state index contributed by atoms with van der Waals surface area (Å²) in [4.78, 5) is 23.8. The molecular weight excluding hydrogens is 436 g/mol. The average molecular weight is 459 g/mol. The van der Waals surface area contributed by atoms with Gasteiger partial charge in [0.2, 0.25) is 5.91 Å². The number of carbonyl (C=O) groups is 2. The van der Waals surface area contributed by atoms with Crippen molar-refractivity contribution < 1.29 is 18.0 Å². The second-order valence-corrected chi connectivity index (χ2v) is 9.93. The number of anilines is 1. The summed E-state index contributed by atoms with van der Waals surface area (Å²) >= 11 is 1.18. The van der Waals surface area contributed by atoms with Gasteiger partial charge in [0.25, 0.3) is 0 Å². The highest BCUT2D eigenvalue weighted by molar-refractivity contribution is 7.99. The molecule has 10 heteroatoms. The van der Waals surface area contributed by atoms with Crippen LogP contribution in [-0.2, 0) is 27.4 Å². The highest BCUT2D eigenvalue weighted by atomic mass is 32.2. The van der Waals surface area contributed by atoms with Crippen LogP contribution >= 0.6 is 11.8 Å². The molecule has 1 heterocycles. The van der Waals surface area contributed by atoms with Gasteiger partial charge in [-0.2, -0.15) is 0 Å². The van der Waals surface area contributed by atoms with Gasteiger partial charge in [0, 0.05) is 25.2 Å². The zero-order valence-corrected chi connectivity index (χ0v) is 19.0. The normalized spacial score (nSPS) is 11.3. The van der Waals surface area contributed by atoms with E-state index in [9.17, 15) is 18.0 Å². The molecule has 0 bridgehead atoms. The van der Waals surface area contributed by atoms with Crippen molar-refractivity contribution in [1.29, 1.82) is 0 Å². The van der Waals surface area contributed by atoms with Gasteiger partial charge in [-0.25, -0.2) is 8.42 Å². The highest BCUT2D eigenvalue weighted by Gasteiger charge is 2.20. The van der Waals surface area contributed by atoms with E-state index in [1.807, 2.05) is 6.92 Å². The molecule has 0 aliphatic heterocycles. The summed E-state index contributed by atoms with van der Waals surface area (Å²) in [6.07, 6.45) is 0. The molecule has 0 fully saturated rings. The number of thioether (sulfide) groups is 1. The molecule has 0 atom stereocenters. The van der Waals surface area contributed by atoms with Crippen molar-refractivity contribution in [2.45, 2.75) is 29.7 Å². The monoisotopic (exact) mass is 458 g/mol. The van der Waals surface area contributed by atoms with Crippen molar-refractivity contribution in [2.75, 3.05) is 11.1 Å². The Bertz CT molecular complexity index is 1200. The van der Waals surface area contributed by atoms with Gasteiger partial charge in [0.05, 0.1) is 10.6 Å². The fourth-order valence-corrected chi connectivity index (χ4v) is 4.88. The smallest absolute Gasteiger partial charge is 0.221 e. The van der Waals surface area contributed by atoms with E-state index in [1.165, 1.54) is 18.7 Å². The minimum absolute atomic E-state index is 0.115. The van der Waals surface area contributed by atoms with Crippen LogP contribution in [0.4, 0.5) is 5.69 Å². The molecule has 0 spiro atoms. The molecule has 3 rings (SSSR count). The average Bonchev–Trinajstić information content (AvgIpc) is 3.05. The molecule has 0 saturated carbocycles. The number of carbonyl (C=O) groups excluding carboxylic acids is 2. The molecule has 162 valence electrons. The van der Waals surface area contributed by atoms with E-state index in [1.54, 1.807) is 60.1 Å². The summed E-state index contributed by atoms with van der Waals surface area (Å²) in [7, 11) is -1.88. The number of aryl methyl sites for hydroxylation is 1. The van der Waals surface area contributed by atoms with E-state index in [-0.39, 0.29) is 28.1 Å².